The highest BCUT2D eigenvalue weighted by atomic mass is 32.2. The molecule has 0 aromatic heterocycles. The lowest BCUT2D eigenvalue weighted by Gasteiger charge is -2.21. The molecule has 0 heterocycles. The van der Waals surface area contributed by atoms with Gasteiger partial charge in [-0.25, -0.2) is 12.7 Å². The monoisotopic (exact) mass is 309 g/mol. The molecule has 0 saturated carbocycles. The second kappa shape index (κ2) is 8.13. The van der Waals surface area contributed by atoms with E-state index >= 15 is 0 Å². The van der Waals surface area contributed by atoms with Crippen LogP contribution in [0, 0.1) is 11.3 Å². The fraction of sp³-hybridized carbons (Fsp3) is 0.533. The normalized spacial score (nSPS) is 11.8. The zero-order chi connectivity index (χ0) is 15.9. The molecule has 0 fully saturated rings. The van der Waals surface area contributed by atoms with Crippen molar-refractivity contribution < 1.29 is 8.42 Å². The number of benzene rings is 1. The first-order valence-electron chi connectivity index (χ1n) is 7.08. The van der Waals surface area contributed by atoms with Gasteiger partial charge in [-0.05, 0) is 30.8 Å². The van der Waals surface area contributed by atoms with Crippen molar-refractivity contribution in [1.82, 2.24) is 9.21 Å². The van der Waals surface area contributed by atoms with E-state index in [2.05, 4.69) is 11.0 Å². The average Bonchev–Trinajstić information content (AvgIpc) is 2.48. The second-order valence-corrected chi connectivity index (χ2v) is 7.11. The topological polar surface area (TPSA) is 64.4 Å². The van der Waals surface area contributed by atoms with E-state index in [1.165, 1.54) is 4.31 Å². The highest BCUT2D eigenvalue weighted by Gasteiger charge is 2.19. The SMILES string of the molecule is CCN(CC)CCS(=O)(=O)N(C)Cc1cccc(C#N)c1. The zero-order valence-corrected chi connectivity index (χ0v) is 13.7. The van der Waals surface area contributed by atoms with Gasteiger partial charge < -0.3 is 4.90 Å². The number of hydrogen-bond acceptors (Lipinski definition) is 4. The number of rotatable bonds is 8. The molecule has 0 aliphatic rings. The summed E-state index contributed by atoms with van der Waals surface area (Å²) in [4.78, 5) is 2.09. The molecule has 116 valence electrons. The summed E-state index contributed by atoms with van der Waals surface area (Å²) in [5.41, 5.74) is 1.37. The number of nitrogens with zero attached hydrogens (tertiary/aromatic N) is 3. The third-order valence-electron chi connectivity index (χ3n) is 3.50. The molecule has 5 nitrogen and oxygen atoms in total. The van der Waals surface area contributed by atoms with Gasteiger partial charge in [0.1, 0.15) is 0 Å². The van der Waals surface area contributed by atoms with Gasteiger partial charge in [-0.2, -0.15) is 5.26 Å². The first-order chi connectivity index (χ1) is 9.92. The van der Waals surface area contributed by atoms with Crippen molar-refractivity contribution in [2.45, 2.75) is 20.4 Å². The molecule has 0 saturated heterocycles. The van der Waals surface area contributed by atoms with Crippen LogP contribution in [0.2, 0.25) is 0 Å². The van der Waals surface area contributed by atoms with Crippen molar-refractivity contribution >= 4 is 10.0 Å². The van der Waals surface area contributed by atoms with Crippen molar-refractivity contribution in [1.29, 1.82) is 5.26 Å². The molecule has 0 N–H and O–H groups in total. The van der Waals surface area contributed by atoms with E-state index < -0.39 is 10.0 Å². The fourth-order valence-electron chi connectivity index (χ4n) is 2.03. The Kier molecular flexibility index (Phi) is 6.82. The lowest BCUT2D eigenvalue weighted by Crippen LogP contribution is -2.35. The summed E-state index contributed by atoms with van der Waals surface area (Å²) >= 11 is 0. The van der Waals surface area contributed by atoms with Crippen molar-refractivity contribution in [3.63, 3.8) is 0 Å². The van der Waals surface area contributed by atoms with Crippen LogP contribution in [-0.2, 0) is 16.6 Å². The minimum atomic E-state index is -3.28. The van der Waals surface area contributed by atoms with E-state index in [0.717, 1.165) is 18.7 Å². The molecule has 0 atom stereocenters. The molecule has 1 rings (SSSR count). The molecule has 0 aliphatic heterocycles. The summed E-state index contributed by atoms with van der Waals surface area (Å²) < 4.78 is 25.9. The molecule has 21 heavy (non-hydrogen) atoms. The van der Waals surface area contributed by atoms with Crippen LogP contribution in [0.5, 0.6) is 0 Å². The Balaban J connectivity index is 2.68. The van der Waals surface area contributed by atoms with Crippen LogP contribution in [0.25, 0.3) is 0 Å². The van der Waals surface area contributed by atoms with Crippen LogP contribution in [0.3, 0.4) is 0 Å². The van der Waals surface area contributed by atoms with Gasteiger partial charge in [0.05, 0.1) is 17.4 Å². The Hall–Kier alpha value is -1.42. The van der Waals surface area contributed by atoms with E-state index in [9.17, 15) is 8.42 Å². The van der Waals surface area contributed by atoms with Crippen LogP contribution in [0.4, 0.5) is 0 Å². The maximum Gasteiger partial charge on any atom is 0.215 e. The molecule has 0 bridgehead atoms. The van der Waals surface area contributed by atoms with Gasteiger partial charge >= 0.3 is 0 Å². The van der Waals surface area contributed by atoms with Crippen LogP contribution < -0.4 is 0 Å². The molecule has 6 heteroatoms. The number of nitriles is 1. The van der Waals surface area contributed by atoms with E-state index in [1.807, 2.05) is 19.9 Å². The van der Waals surface area contributed by atoms with Gasteiger partial charge in [-0.3, -0.25) is 0 Å². The van der Waals surface area contributed by atoms with Crippen LogP contribution in [0.1, 0.15) is 25.0 Å². The van der Waals surface area contributed by atoms with Crippen LogP contribution >= 0.6 is 0 Å². The molecule has 0 radical (unpaired) electrons. The summed E-state index contributed by atoms with van der Waals surface area (Å²) in [5.74, 6) is 0.114. The summed E-state index contributed by atoms with van der Waals surface area (Å²) in [6.07, 6.45) is 0. The van der Waals surface area contributed by atoms with Crippen molar-refractivity contribution in [2.75, 3.05) is 32.4 Å². The smallest absolute Gasteiger partial charge is 0.215 e. The fourth-order valence-corrected chi connectivity index (χ4v) is 3.18. The van der Waals surface area contributed by atoms with Gasteiger partial charge in [-0.15, -0.1) is 0 Å². The van der Waals surface area contributed by atoms with Crippen molar-refractivity contribution in [2.24, 2.45) is 0 Å². The molecule has 0 amide bonds. The van der Waals surface area contributed by atoms with E-state index in [0.29, 0.717) is 12.1 Å². The molecule has 0 unspecified atom stereocenters. The predicted molar refractivity (Wildman–Crippen MR) is 84.2 cm³/mol. The van der Waals surface area contributed by atoms with E-state index in [-0.39, 0.29) is 12.3 Å². The van der Waals surface area contributed by atoms with E-state index in [4.69, 9.17) is 5.26 Å². The van der Waals surface area contributed by atoms with Gasteiger partial charge in [0, 0.05) is 20.1 Å². The quantitative estimate of drug-likeness (QED) is 0.732. The lowest BCUT2D eigenvalue weighted by molar-refractivity contribution is 0.319. The lowest BCUT2D eigenvalue weighted by atomic mass is 10.1. The minimum absolute atomic E-state index is 0.114. The molecule has 0 spiro atoms. The number of hydrogen-bond donors (Lipinski definition) is 0. The highest BCUT2D eigenvalue weighted by Crippen LogP contribution is 2.10. The predicted octanol–water partition coefficient (Wildman–Crippen LogP) is 1.66. The molecular formula is C15H23N3O2S. The third-order valence-corrected chi connectivity index (χ3v) is 5.27. The standard InChI is InChI=1S/C15H23N3O2S/c1-4-18(5-2)9-10-21(19,20)17(3)13-15-8-6-7-14(11-15)12-16/h6-8,11H,4-5,9-10,13H2,1-3H3. The maximum atomic E-state index is 12.3. The van der Waals surface area contributed by atoms with Crippen LogP contribution in [0.15, 0.2) is 24.3 Å². The third kappa shape index (κ3) is 5.46. The molecule has 1 aromatic carbocycles. The largest absolute Gasteiger partial charge is 0.303 e. The zero-order valence-electron chi connectivity index (χ0n) is 12.9. The molecular weight excluding hydrogens is 286 g/mol. The van der Waals surface area contributed by atoms with Crippen molar-refractivity contribution in [3.05, 3.63) is 35.4 Å². The average molecular weight is 309 g/mol. The Morgan fingerprint density at radius 1 is 1.24 bits per heavy atom. The highest BCUT2D eigenvalue weighted by molar-refractivity contribution is 7.89. The summed E-state index contributed by atoms with van der Waals surface area (Å²) in [6.45, 7) is 6.56. The summed E-state index contributed by atoms with van der Waals surface area (Å²) in [7, 11) is -1.70. The Morgan fingerprint density at radius 2 is 1.90 bits per heavy atom. The Bertz CT molecular complexity index is 589. The van der Waals surface area contributed by atoms with Crippen molar-refractivity contribution in [3.8, 4) is 6.07 Å². The number of sulfonamides is 1. The summed E-state index contributed by atoms with van der Waals surface area (Å²) in [5, 5.41) is 8.87. The van der Waals surface area contributed by atoms with Gasteiger partial charge in [0.2, 0.25) is 10.0 Å². The van der Waals surface area contributed by atoms with Gasteiger partial charge in [0.15, 0.2) is 0 Å². The van der Waals surface area contributed by atoms with Gasteiger partial charge in [-0.1, -0.05) is 26.0 Å². The minimum Gasteiger partial charge on any atom is -0.303 e. The Labute approximate surface area is 127 Å². The van der Waals surface area contributed by atoms with Crippen LogP contribution in [-0.4, -0.2) is 50.1 Å². The molecule has 1 aromatic rings. The Morgan fingerprint density at radius 3 is 2.48 bits per heavy atom. The van der Waals surface area contributed by atoms with Gasteiger partial charge in [0.25, 0.3) is 0 Å². The first kappa shape index (κ1) is 17.6. The second-order valence-electron chi connectivity index (χ2n) is 4.91. The van der Waals surface area contributed by atoms with E-state index in [1.54, 1.807) is 25.2 Å². The molecule has 0 aliphatic carbocycles. The first-order valence-corrected chi connectivity index (χ1v) is 8.69. The summed E-state index contributed by atoms with van der Waals surface area (Å²) in [6, 6.07) is 9.08. The maximum absolute atomic E-state index is 12.3.